The summed E-state index contributed by atoms with van der Waals surface area (Å²) in [6.07, 6.45) is 5.90. The third-order valence-corrected chi connectivity index (χ3v) is 5.14. The minimum absolute atomic E-state index is 0.455. The number of nitrogens with zero attached hydrogens (tertiary/aromatic N) is 9. The van der Waals surface area contributed by atoms with Crippen molar-refractivity contribution in [3.8, 4) is 0 Å². The molecule has 3 aromatic heterocycles. The van der Waals surface area contributed by atoms with Crippen LogP contribution in [0.5, 0.6) is 0 Å². The van der Waals surface area contributed by atoms with Crippen LogP contribution in [0.1, 0.15) is 42.1 Å². The monoisotopic (exact) mass is 355 g/mol. The summed E-state index contributed by atoms with van der Waals surface area (Å²) in [7, 11) is 4.02. The van der Waals surface area contributed by atoms with Gasteiger partial charge in [0.1, 0.15) is 24.0 Å². The van der Waals surface area contributed by atoms with Gasteiger partial charge in [0.05, 0.1) is 6.54 Å². The Morgan fingerprint density at radius 1 is 1.08 bits per heavy atom. The topological polar surface area (TPSA) is 82.5 Å². The first kappa shape index (κ1) is 16.9. The molecule has 138 valence electrons. The van der Waals surface area contributed by atoms with E-state index in [9.17, 15) is 0 Å². The van der Waals surface area contributed by atoms with Crippen LogP contribution in [0.3, 0.4) is 0 Å². The second kappa shape index (κ2) is 6.99. The lowest BCUT2D eigenvalue weighted by molar-refractivity contribution is 0.194. The van der Waals surface area contributed by atoms with Gasteiger partial charge in [-0.3, -0.25) is 14.3 Å². The molecule has 0 atom stereocenters. The fourth-order valence-electron chi connectivity index (χ4n) is 3.65. The van der Waals surface area contributed by atoms with Gasteiger partial charge in [0, 0.05) is 32.4 Å². The first-order valence-corrected chi connectivity index (χ1v) is 9.04. The van der Waals surface area contributed by atoms with Crippen LogP contribution < -0.4 is 0 Å². The molecule has 0 amide bonds. The third kappa shape index (κ3) is 3.39. The van der Waals surface area contributed by atoms with Gasteiger partial charge in [0.25, 0.3) is 0 Å². The molecular weight excluding hydrogens is 330 g/mol. The summed E-state index contributed by atoms with van der Waals surface area (Å²) in [5.41, 5.74) is 0. The van der Waals surface area contributed by atoms with Crippen LogP contribution in [0.25, 0.3) is 0 Å². The van der Waals surface area contributed by atoms with Crippen molar-refractivity contribution in [1.82, 2.24) is 44.2 Å². The molecule has 0 unspecified atom stereocenters. The Bertz CT molecular complexity index is 853. The van der Waals surface area contributed by atoms with Gasteiger partial charge < -0.3 is 4.57 Å². The lowest BCUT2D eigenvalue weighted by Gasteiger charge is -2.30. The van der Waals surface area contributed by atoms with Gasteiger partial charge >= 0.3 is 0 Å². The average molecular weight is 355 g/mol. The number of rotatable bonds is 5. The standard InChI is InChI=1S/C17H25N9/c1-13-19-15(24(3)22-13)11-25-9-5-14(6-10-25)17-21-20-16(23(17)2)12-26-8-4-7-18-26/h4,7-8,14H,5-6,9-12H2,1-3H3. The Balaban J connectivity index is 1.37. The summed E-state index contributed by atoms with van der Waals surface area (Å²) >= 11 is 0. The van der Waals surface area contributed by atoms with Gasteiger partial charge in [-0.05, 0) is 38.9 Å². The molecule has 3 aromatic rings. The van der Waals surface area contributed by atoms with Crippen molar-refractivity contribution in [2.24, 2.45) is 14.1 Å². The summed E-state index contributed by atoms with van der Waals surface area (Å²) in [5, 5.41) is 17.4. The van der Waals surface area contributed by atoms with E-state index in [4.69, 9.17) is 0 Å². The number of hydrogen-bond donors (Lipinski definition) is 0. The lowest BCUT2D eigenvalue weighted by atomic mass is 9.96. The summed E-state index contributed by atoms with van der Waals surface area (Å²) in [6, 6.07) is 1.92. The fraction of sp³-hybridized carbons (Fsp3) is 0.588. The quantitative estimate of drug-likeness (QED) is 0.676. The number of aromatic nitrogens is 8. The molecule has 9 nitrogen and oxygen atoms in total. The Hall–Kier alpha value is -2.55. The minimum atomic E-state index is 0.455. The molecule has 0 aliphatic carbocycles. The highest BCUT2D eigenvalue weighted by Crippen LogP contribution is 2.27. The molecule has 0 radical (unpaired) electrons. The highest BCUT2D eigenvalue weighted by atomic mass is 15.4. The molecule has 1 saturated heterocycles. The van der Waals surface area contributed by atoms with E-state index < -0.39 is 0 Å². The van der Waals surface area contributed by atoms with Crippen LogP contribution >= 0.6 is 0 Å². The predicted molar refractivity (Wildman–Crippen MR) is 95.3 cm³/mol. The maximum atomic E-state index is 4.51. The van der Waals surface area contributed by atoms with Crippen molar-refractivity contribution >= 4 is 0 Å². The van der Waals surface area contributed by atoms with Crippen LogP contribution in [0.15, 0.2) is 18.5 Å². The maximum absolute atomic E-state index is 4.51. The van der Waals surface area contributed by atoms with Crippen molar-refractivity contribution < 1.29 is 0 Å². The van der Waals surface area contributed by atoms with Crippen LogP contribution in [-0.2, 0) is 27.2 Å². The van der Waals surface area contributed by atoms with Gasteiger partial charge in [-0.2, -0.15) is 10.2 Å². The molecule has 0 spiro atoms. The van der Waals surface area contributed by atoms with E-state index in [1.165, 1.54) is 0 Å². The van der Waals surface area contributed by atoms with E-state index in [0.717, 1.165) is 55.8 Å². The minimum Gasteiger partial charge on any atom is -0.316 e. The highest BCUT2D eigenvalue weighted by Gasteiger charge is 2.26. The van der Waals surface area contributed by atoms with Crippen LogP contribution in [0, 0.1) is 6.92 Å². The van der Waals surface area contributed by atoms with Crippen molar-refractivity contribution in [3.63, 3.8) is 0 Å². The van der Waals surface area contributed by atoms with Gasteiger partial charge in [-0.15, -0.1) is 10.2 Å². The zero-order valence-electron chi connectivity index (χ0n) is 15.6. The van der Waals surface area contributed by atoms with Crippen molar-refractivity contribution in [3.05, 3.63) is 41.8 Å². The van der Waals surface area contributed by atoms with E-state index in [2.05, 4.69) is 41.9 Å². The molecular formula is C17H25N9. The summed E-state index contributed by atoms with van der Waals surface area (Å²) < 4.78 is 5.89. The molecule has 1 aliphatic rings. The van der Waals surface area contributed by atoms with Crippen molar-refractivity contribution in [2.45, 2.75) is 38.8 Å². The summed E-state index contributed by atoms with van der Waals surface area (Å²) in [5.74, 6) is 4.35. The largest absolute Gasteiger partial charge is 0.316 e. The SMILES string of the molecule is Cc1nc(CN2CCC(c3nnc(Cn4cccn4)n3C)CC2)n(C)n1. The van der Waals surface area contributed by atoms with Crippen LogP contribution in [0.2, 0.25) is 0 Å². The summed E-state index contributed by atoms with van der Waals surface area (Å²) in [6.45, 7) is 5.52. The van der Waals surface area contributed by atoms with Crippen molar-refractivity contribution in [2.75, 3.05) is 13.1 Å². The second-order valence-corrected chi connectivity index (χ2v) is 6.99. The van der Waals surface area contributed by atoms with Gasteiger partial charge in [0.2, 0.25) is 0 Å². The molecule has 0 bridgehead atoms. The molecule has 0 aromatic carbocycles. The molecule has 0 N–H and O–H groups in total. The highest BCUT2D eigenvalue weighted by molar-refractivity contribution is 5.04. The molecule has 1 fully saturated rings. The number of piperidine rings is 1. The molecule has 0 saturated carbocycles. The Morgan fingerprint density at radius 3 is 2.54 bits per heavy atom. The van der Waals surface area contributed by atoms with Crippen LogP contribution in [-0.4, -0.2) is 57.3 Å². The molecule has 9 heteroatoms. The summed E-state index contributed by atoms with van der Waals surface area (Å²) in [4.78, 5) is 6.96. The van der Waals surface area contributed by atoms with E-state index in [0.29, 0.717) is 12.5 Å². The third-order valence-electron chi connectivity index (χ3n) is 5.14. The number of aryl methyl sites for hydroxylation is 2. The Labute approximate surface area is 152 Å². The smallest absolute Gasteiger partial charge is 0.154 e. The molecule has 26 heavy (non-hydrogen) atoms. The van der Waals surface area contributed by atoms with Gasteiger partial charge in [-0.25, -0.2) is 4.98 Å². The van der Waals surface area contributed by atoms with Crippen molar-refractivity contribution in [1.29, 1.82) is 0 Å². The van der Waals surface area contributed by atoms with E-state index in [1.54, 1.807) is 6.20 Å². The molecule has 4 rings (SSSR count). The molecule has 1 aliphatic heterocycles. The maximum Gasteiger partial charge on any atom is 0.154 e. The van der Waals surface area contributed by atoms with E-state index in [-0.39, 0.29) is 0 Å². The Kier molecular flexibility index (Phi) is 4.54. The fourth-order valence-corrected chi connectivity index (χ4v) is 3.65. The zero-order valence-corrected chi connectivity index (χ0v) is 15.6. The first-order valence-electron chi connectivity index (χ1n) is 9.04. The molecule has 4 heterocycles. The normalized spacial score (nSPS) is 16.4. The van der Waals surface area contributed by atoms with E-state index >= 15 is 0 Å². The zero-order chi connectivity index (χ0) is 18.1. The van der Waals surface area contributed by atoms with E-state index in [1.807, 2.05) is 35.6 Å². The number of likely N-dealkylation sites (tertiary alicyclic amines) is 1. The second-order valence-electron chi connectivity index (χ2n) is 6.99. The van der Waals surface area contributed by atoms with Crippen LogP contribution in [0.4, 0.5) is 0 Å². The predicted octanol–water partition coefficient (Wildman–Crippen LogP) is 0.876. The first-order chi connectivity index (χ1) is 12.6. The number of hydrogen-bond acceptors (Lipinski definition) is 6. The average Bonchev–Trinajstić information content (AvgIpc) is 3.33. The Morgan fingerprint density at radius 2 is 1.88 bits per heavy atom. The van der Waals surface area contributed by atoms with Gasteiger partial charge in [-0.1, -0.05) is 0 Å². The lowest BCUT2D eigenvalue weighted by Crippen LogP contribution is -2.34. The van der Waals surface area contributed by atoms with Gasteiger partial charge in [0.15, 0.2) is 5.82 Å².